The van der Waals surface area contributed by atoms with Gasteiger partial charge in [0, 0.05) is 24.1 Å². The zero-order valence-electron chi connectivity index (χ0n) is 15.0. The molecule has 1 heterocycles. The first-order valence-corrected chi connectivity index (χ1v) is 8.79. The number of nitro benzene ring substituents is 1. The molecule has 0 spiro atoms. The summed E-state index contributed by atoms with van der Waals surface area (Å²) < 4.78 is 10.2. The van der Waals surface area contributed by atoms with Gasteiger partial charge in [-0.05, 0) is 23.3 Å². The summed E-state index contributed by atoms with van der Waals surface area (Å²) in [5, 5.41) is 11.3. The number of hydrogen-bond donors (Lipinski definition) is 0. The predicted octanol–water partition coefficient (Wildman–Crippen LogP) is 2.75. The van der Waals surface area contributed by atoms with Crippen LogP contribution in [0, 0.1) is 10.1 Å². The van der Waals surface area contributed by atoms with E-state index in [0.29, 0.717) is 6.42 Å². The molecule has 0 N–H and O–H groups in total. The van der Waals surface area contributed by atoms with Crippen LogP contribution in [0.2, 0.25) is 5.02 Å². The van der Waals surface area contributed by atoms with Crippen LogP contribution in [-0.4, -0.2) is 41.5 Å². The lowest BCUT2D eigenvalue weighted by atomic mass is 9.94. The number of esters is 1. The average molecular weight is 405 g/mol. The minimum Gasteiger partial charge on any atom is -0.477 e. The monoisotopic (exact) mass is 404 g/mol. The van der Waals surface area contributed by atoms with Crippen molar-refractivity contribution in [1.29, 1.82) is 0 Å². The maximum atomic E-state index is 12.8. The van der Waals surface area contributed by atoms with Crippen LogP contribution in [0.3, 0.4) is 0 Å². The molecule has 2 aromatic carbocycles. The van der Waals surface area contributed by atoms with Gasteiger partial charge in [-0.1, -0.05) is 35.9 Å². The average Bonchev–Trinajstić information content (AvgIpc) is 2.70. The van der Waals surface area contributed by atoms with Gasteiger partial charge >= 0.3 is 11.7 Å². The fourth-order valence-corrected chi connectivity index (χ4v) is 3.28. The minimum absolute atomic E-state index is 0.0743. The maximum absolute atomic E-state index is 12.8. The Balaban J connectivity index is 1.79. The van der Waals surface area contributed by atoms with Crippen molar-refractivity contribution in [2.75, 3.05) is 13.7 Å². The summed E-state index contributed by atoms with van der Waals surface area (Å²) in [6.07, 6.45) is 0.329. The molecule has 1 amide bonds. The third-order valence-corrected chi connectivity index (χ3v) is 4.75. The molecule has 28 heavy (non-hydrogen) atoms. The van der Waals surface area contributed by atoms with Gasteiger partial charge < -0.3 is 14.4 Å². The van der Waals surface area contributed by atoms with E-state index < -0.39 is 29.4 Å². The number of ether oxygens (including phenoxy) is 2. The highest BCUT2D eigenvalue weighted by molar-refractivity contribution is 6.30. The number of amides is 1. The number of fused-ring (bicyclic) bond motifs is 1. The van der Waals surface area contributed by atoms with E-state index in [0.717, 1.165) is 17.2 Å². The van der Waals surface area contributed by atoms with E-state index >= 15 is 0 Å². The second-order valence-electron chi connectivity index (χ2n) is 6.19. The molecule has 0 unspecified atom stereocenters. The number of carbonyl (C=O) groups excluding carboxylic acids is 2. The van der Waals surface area contributed by atoms with Crippen molar-refractivity contribution in [2.24, 2.45) is 0 Å². The highest BCUT2D eigenvalue weighted by atomic mass is 35.5. The molecule has 1 aliphatic rings. The quantitative estimate of drug-likeness (QED) is 0.431. The van der Waals surface area contributed by atoms with E-state index in [-0.39, 0.29) is 23.0 Å². The number of halogens is 1. The van der Waals surface area contributed by atoms with E-state index in [2.05, 4.69) is 0 Å². The Kier molecular flexibility index (Phi) is 5.79. The number of nitro groups is 1. The van der Waals surface area contributed by atoms with Crippen molar-refractivity contribution in [3.63, 3.8) is 0 Å². The molecule has 0 saturated carbocycles. The Bertz CT molecular complexity index is 932. The van der Waals surface area contributed by atoms with Gasteiger partial charge in [0.25, 0.3) is 5.91 Å². The Morgan fingerprint density at radius 1 is 1.25 bits per heavy atom. The Hall–Kier alpha value is -3.13. The molecule has 0 aromatic heterocycles. The normalized spacial score (nSPS) is 15.5. The molecule has 0 saturated heterocycles. The van der Waals surface area contributed by atoms with Crippen LogP contribution in [0.4, 0.5) is 5.69 Å². The maximum Gasteiger partial charge on any atom is 0.328 e. The fourth-order valence-electron chi connectivity index (χ4n) is 3.11. The number of nitrogens with zero attached hydrogens (tertiary/aromatic N) is 2. The minimum atomic E-state index is -0.781. The molecule has 1 atom stereocenters. The lowest BCUT2D eigenvalue weighted by Crippen LogP contribution is -2.50. The SMILES string of the molecule is COC(=O)[C@H]1Cc2ccccc2CN1C(=O)COc1ccc(Cl)cc1[N+](=O)[O-]. The second kappa shape index (κ2) is 8.26. The van der Waals surface area contributed by atoms with Gasteiger partial charge in [0.2, 0.25) is 0 Å². The van der Waals surface area contributed by atoms with E-state index in [9.17, 15) is 19.7 Å². The first kappa shape index (κ1) is 19.6. The zero-order valence-corrected chi connectivity index (χ0v) is 15.7. The first-order valence-electron chi connectivity index (χ1n) is 8.41. The van der Waals surface area contributed by atoms with Crippen molar-refractivity contribution in [3.8, 4) is 5.75 Å². The molecule has 0 radical (unpaired) electrons. The molecule has 146 valence electrons. The van der Waals surface area contributed by atoms with Crippen LogP contribution in [-0.2, 0) is 27.3 Å². The van der Waals surface area contributed by atoms with Crippen LogP contribution in [0.5, 0.6) is 5.75 Å². The van der Waals surface area contributed by atoms with E-state index in [4.69, 9.17) is 21.1 Å². The summed E-state index contributed by atoms with van der Waals surface area (Å²) in [4.78, 5) is 36.8. The van der Waals surface area contributed by atoms with Crippen LogP contribution >= 0.6 is 11.6 Å². The molecular weight excluding hydrogens is 388 g/mol. The summed E-state index contributed by atoms with van der Waals surface area (Å²) in [5.74, 6) is -1.08. The van der Waals surface area contributed by atoms with Crippen molar-refractivity contribution < 1.29 is 24.0 Å². The molecule has 0 fully saturated rings. The summed E-state index contributed by atoms with van der Waals surface area (Å²) >= 11 is 5.78. The largest absolute Gasteiger partial charge is 0.477 e. The summed E-state index contributed by atoms with van der Waals surface area (Å²) in [5.41, 5.74) is 1.55. The molecule has 0 aliphatic carbocycles. The van der Waals surface area contributed by atoms with E-state index in [1.165, 1.54) is 24.1 Å². The van der Waals surface area contributed by atoms with Gasteiger partial charge in [-0.25, -0.2) is 4.79 Å². The van der Waals surface area contributed by atoms with Crippen LogP contribution in [0.15, 0.2) is 42.5 Å². The van der Waals surface area contributed by atoms with Gasteiger partial charge in [0.15, 0.2) is 12.4 Å². The predicted molar refractivity (Wildman–Crippen MR) is 100 cm³/mol. The smallest absolute Gasteiger partial charge is 0.328 e. The first-order chi connectivity index (χ1) is 13.4. The number of hydrogen-bond acceptors (Lipinski definition) is 6. The number of methoxy groups -OCH3 is 1. The zero-order chi connectivity index (χ0) is 20.3. The molecule has 9 heteroatoms. The molecular formula is C19H17ClN2O6. The summed E-state index contributed by atoms with van der Waals surface area (Å²) in [6, 6.07) is 10.6. The molecule has 0 bridgehead atoms. The number of carbonyl (C=O) groups is 2. The molecule has 8 nitrogen and oxygen atoms in total. The van der Waals surface area contributed by atoms with Gasteiger partial charge in [0.05, 0.1) is 12.0 Å². The fraction of sp³-hybridized carbons (Fsp3) is 0.263. The number of benzene rings is 2. The highest BCUT2D eigenvalue weighted by Crippen LogP contribution is 2.30. The lowest BCUT2D eigenvalue weighted by molar-refractivity contribution is -0.385. The lowest BCUT2D eigenvalue weighted by Gasteiger charge is -2.35. The topological polar surface area (TPSA) is 99.0 Å². The molecule has 1 aliphatic heterocycles. The molecule has 2 aromatic rings. The Labute approximate surface area is 165 Å². The Morgan fingerprint density at radius 2 is 1.96 bits per heavy atom. The van der Waals surface area contributed by atoms with E-state index in [1.54, 1.807) is 0 Å². The van der Waals surface area contributed by atoms with Crippen LogP contribution in [0.25, 0.3) is 0 Å². The highest BCUT2D eigenvalue weighted by Gasteiger charge is 2.35. The van der Waals surface area contributed by atoms with Gasteiger partial charge in [-0.2, -0.15) is 0 Å². The van der Waals surface area contributed by atoms with Crippen LogP contribution < -0.4 is 4.74 Å². The summed E-state index contributed by atoms with van der Waals surface area (Å²) in [6.45, 7) is -0.237. The van der Waals surface area contributed by atoms with Crippen molar-refractivity contribution in [1.82, 2.24) is 4.90 Å². The van der Waals surface area contributed by atoms with Crippen molar-refractivity contribution in [2.45, 2.75) is 19.0 Å². The van der Waals surface area contributed by atoms with Gasteiger partial charge in [-0.15, -0.1) is 0 Å². The summed E-state index contributed by atoms with van der Waals surface area (Å²) in [7, 11) is 1.26. The third kappa shape index (κ3) is 4.07. The van der Waals surface area contributed by atoms with Gasteiger partial charge in [0.1, 0.15) is 6.04 Å². The van der Waals surface area contributed by atoms with Gasteiger partial charge in [-0.3, -0.25) is 14.9 Å². The Morgan fingerprint density at radius 3 is 2.64 bits per heavy atom. The second-order valence-corrected chi connectivity index (χ2v) is 6.63. The van der Waals surface area contributed by atoms with Crippen molar-refractivity contribution in [3.05, 3.63) is 68.7 Å². The van der Waals surface area contributed by atoms with E-state index in [1.807, 2.05) is 24.3 Å². The standard InChI is InChI=1S/C19H17ClN2O6/c1-27-19(24)16-8-12-4-2-3-5-13(12)10-21(16)18(23)11-28-17-7-6-14(20)9-15(17)22(25)26/h2-7,9,16H,8,10-11H2,1H3/t16-/m1/s1. The number of rotatable bonds is 5. The third-order valence-electron chi connectivity index (χ3n) is 4.51. The van der Waals surface area contributed by atoms with Crippen LogP contribution in [0.1, 0.15) is 11.1 Å². The van der Waals surface area contributed by atoms with Crippen molar-refractivity contribution >= 4 is 29.2 Å². The molecule has 3 rings (SSSR count).